The van der Waals surface area contributed by atoms with Crippen molar-refractivity contribution in [2.75, 3.05) is 32.0 Å². The summed E-state index contributed by atoms with van der Waals surface area (Å²) in [6.07, 6.45) is 9.18. The van der Waals surface area contributed by atoms with Crippen molar-refractivity contribution < 1.29 is 4.79 Å². The highest BCUT2D eigenvalue weighted by Crippen LogP contribution is 2.25. The number of halogens is 1. The van der Waals surface area contributed by atoms with Gasteiger partial charge in [-0.2, -0.15) is 0 Å². The Balaban J connectivity index is 0.00000341. The lowest BCUT2D eigenvalue weighted by molar-refractivity contribution is -0.120. The zero-order valence-corrected chi connectivity index (χ0v) is 21.5. The highest BCUT2D eigenvalue weighted by molar-refractivity contribution is 14.0. The molecule has 1 aliphatic heterocycles. The summed E-state index contributed by atoms with van der Waals surface area (Å²) in [5.74, 6) is 1.19. The van der Waals surface area contributed by atoms with E-state index < -0.39 is 0 Å². The van der Waals surface area contributed by atoms with E-state index in [4.69, 9.17) is 0 Å². The zero-order chi connectivity index (χ0) is 21.2. The molecule has 0 aromatic heterocycles. The number of rotatable bonds is 7. The molecule has 2 aliphatic rings. The number of carbonyl (C=O) groups excluding carboxylic acids is 1. The molecule has 1 aliphatic carbocycles. The SMILES string of the molecule is CCCN1CCC(NC(=NC)NCc2cccc(NC(=O)C3CCCCC3)c2)CC1.I. The number of hydrogen-bond donors (Lipinski definition) is 3. The van der Waals surface area contributed by atoms with E-state index in [1.165, 1.54) is 32.2 Å². The van der Waals surface area contributed by atoms with Crippen LogP contribution in [0.15, 0.2) is 29.3 Å². The molecule has 1 aromatic carbocycles. The van der Waals surface area contributed by atoms with Crippen LogP contribution in [0.3, 0.4) is 0 Å². The van der Waals surface area contributed by atoms with Crippen molar-refractivity contribution in [1.29, 1.82) is 0 Å². The topological polar surface area (TPSA) is 68.8 Å². The van der Waals surface area contributed by atoms with Crippen LogP contribution in [0.1, 0.15) is 63.9 Å². The smallest absolute Gasteiger partial charge is 0.227 e. The van der Waals surface area contributed by atoms with Crippen LogP contribution < -0.4 is 16.0 Å². The Morgan fingerprint density at radius 1 is 1.13 bits per heavy atom. The molecule has 0 bridgehead atoms. The number of hydrogen-bond acceptors (Lipinski definition) is 3. The molecule has 1 saturated carbocycles. The quantitative estimate of drug-likeness (QED) is 0.273. The van der Waals surface area contributed by atoms with E-state index in [0.717, 1.165) is 56.0 Å². The largest absolute Gasteiger partial charge is 0.354 e. The summed E-state index contributed by atoms with van der Waals surface area (Å²) < 4.78 is 0. The molecule has 1 amide bonds. The zero-order valence-electron chi connectivity index (χ0n) is 19.2. The monoisotopic (exact) mass is 541 g/mol. The molecule has 0 unspecified atom stereocenters. The van der Waals surface area contributed by atoms with Crippen LogP contribution in [-0.2, 0) is 11.3 Å². The highest BCUT2D eigenvalue weighted by atomic mass is 127. The number of anilines is 1. The lowest BCUT2D eigenvalue weighted by Crippen LogP contribution is -2.48. The van der Waals surface area contributed by atoms with Crippen LogP contribution in [0.2, 0.25) is 0 Å². The minimum absolute atomic E-state index is 0. The van der Waals surface area contributed by atoms with Crippen molar-refractivity contribution in [2.24, 2.45) is 10.9 Å². The van der Waals surface area contributed by atoms with E-state index in [-0.39, 0.29) is 35.8 Å². The van der Waals surface area contributed by atoms with E-state index in [1.54, 1.807) is 0 Å². The fourth-order valence-corrected chi connectivity index (χ4v) is 4.56. The number of aliphatic imine (C=N–C) groups is 1. The van der Waals surface area contributed by atoms with E-state index >= 15 is 0 Å². The van der Waals surface area contributed by atoms with E-state index in [0.29, 0.717) is 12.6 Å². The third kappa shape index (κ3) is 8.60. The summed E-state index contributed by atoms with van der Waals surface area (Å²) in [6, 6.07) is 8.60. The second-order valence-electron chi connectivity index (χ2n) is 8.71. The van der Waals surface area contributed by atoms with Gasteiger partial charge in [-0.15, -0.1) is 24.0 Å². The van der Waals surface area contributed by atoms with Crippen LogP contribution in [0, 0.1) is 5.92 Å². The van der Waals surface area contributed by atoms with Crippen molar-refractivity contribution in [1.82, 2.24) is 15.5 Å². The number of amides is 1. The standard InChI is InChI=1S/C24H39N5O.HI/c1-3-14-29-15-12-21(13-16-29)28-24(25-2)26-18-19-8-7-11-22(17-19)27-23(30)20-9-5-4-6-10-20;/h7-8,11,17,20-21H,3-6,9-10,12-16,18H2,1-2H3,(H,27,30)(H2,25,26,28);1H. The Bertz CT molecular complexity index is 697. The van der Waals surface area contributed by atoms with Crippen molar-refractivity contribution in [2.45, 2.75) is 70.9 Å². The molecule has 1 aromatic rings. The molecule has 174 valence electrons. The number of benzene rings is 1. The molecule has 0 spiro atoms. The van der Waals surface area contributed by atoms with Gasteiger partial charge in [-0.1, -0.05) is 38.3 Å². The maximum Gasteiger partial charge on any atom is 0.227 e. The first-order chi connectivity index (χ1) is 14.7. The molecule has 1 heterocycles. The molecule has 0 atom stereocenters. The summed E-state index contributed by atoms with van der Waals surface area (Å²) in [7, 11) is 1.82. The van der Waals surface area contributed by atoms with E-state index in [2.05, 4.69) is 44.9 Å². The molecule has 3 rings (SSSR count). The van der Waals surface area contributed by atoms with Crippen LogP contribution in [-0.4, -0.2) is 49.5 Å². The maximum absolute atomic E-state index is 12.5. The number of piperidine rings is 1. The van der Waals surface area contributed by atoms with Gasteiger partial charge in [0.05, 0.1) is 0 Å². The third-order valence-electron chi connectivity index (χ3n) is 6.32. The van der Waals surface area contributed by atoms with Gasteiger partial charge in [0.2, 0.25) is 5.91 Å². The van der Waals surface area contributed by atoms with Gasteiger partial charge in [-0.05, 0) is 56.3 Å². The Morgan fingerprint density at radius 3 is 2.55 bits per heavy atom. The van der Waals surface area contributed by atoms with Gasteiger partial charge in [0.1, 0.15) is 0 Å². The summed E-state index contributed by atoms with van der Waals surface area (Å²) >= 11 is 0. The van der Waals surface area contributed by atoms with Crippen molar-refractivity contribution in [3.63, 3.8) is 0 Å². The fraction of sp³-hybridized carbons (Fsp3) is 0.667. The first-order valence-electron chi connectivity index (χ1n) is 11.8. The molecule has 2 fully saturated rings. The number of nitrogens with zero attached hydrogens (tertiary/aromatic N) is 2. The molecular weight excluding hydrogens is 501 g/mol. The van der Waals surface area contributed by atoms with Gasteiger partial charge in [-0.3, -0.25) is 9.79 Å². The second kappa shape index (κ2) is 13.9. The maximum atomic E-state index is 12.5. The Labute approximate surface area is 205 Å². The predicted molar refractivity (Wildman–Crippen MR) is 140 cm³/mol. The van der Waals surface area contributed by atoms with Crippen LogP contribution in [0.5, 0.6) is 0 Å². The lowest BCUT2D eigenvalue weighted by Gasteiger charge is -2.32. The first-order valence-corrected chi connectivity index (χ1v) is 11.8. The van der Waals surface area contributed by atoms with Crippen LogP contribution >= 0.6 is 24.0 Å². The molecular formula is C24H40IN5O. The average Bonchev–Trinajstić information content (AvgIpc) is 2.79. The molecule has 31 heavy (non-hydrogen) atoms. The first kappa shape index (κ1) is 25.9. The lowest BCUT2D eigenvalue weighted by atomic mass is 9.88. The molecule has 6 nitrogen and oxygen atoms in total. The minimum Gasteiger partial charge on any atom is -0.354 e. The summed E-state index contributed by atoms with van der Waals surface area (Å²) in [6.45, 7) is 6.44. The summed E-state index contributed by atoms with van der Waals surface area (Å²) in [5.41, 5.74) is 2.02. The van der Waals surface area contributed by atoms with E-state index in [9.17, 15) is 4.79 Å². The number of likely N-dealkylation sites (tertiary alicyclic amines) is 1. The van der Waals surface area contributed by atoms with Crippen LogP contribution in [0.25, 0.3) is 0 Å². The van der Waals surface area contributed by atoms with Gasteiger partial charge >= 0.3 is 0 Å². The normalized spacial score (nSPS) is 18.8. The molecule has 7 heteroatoms. The van der Waals surface area contributed by atoms with Gasteiger partial charge in [-0.25, -0.2) is 0 Å². The summed E-state index contributed by atoms with van der Waals surface area (Å²) in [4.78, 5) is 19.5. The summed E-state index contributed by atoms with van der Waals surface area (Å²) in [5, 5.41) is 10.1. The Kier molecular flexibility index (Phi) is 11.6. The third-order valence-corrected chi connectivity index (χ3v) is 6.32. The van der Waals surface area contributed by atoms with Crippen molar-refractivity contribution in [3.8, 4) is 0 Å². The number of carbonyl (C=O) groups is 1. The van der Waals surface area contributed by atoms with Crippen molar-refractivity contribution >= 4 is 41.5 Å². The van der Waals surface area contributed by atoms with Gasteiger partial charge in [0, 0.05) is 44.3 Å². The highest BCUT2D eigenvalue weighted by Gasteiger charge is 2.21. The Morgan fingerprint density at radius 2 is 1.87 bits per heavy atom. The van der Waals surface area contributed by atoms with Gasteiger partial charge in [0.15, 0.2) is 5.96 Å². The van der Waals surface area contributed by atoms with Crippen LogP contribution in [0.4, 0.5) is 5.69 Å². The fourth-order valence-electron chi connectivity index (χ4n) is 4.56. The van der Waals surface area contributed by atoms with Crippen molar-refractivity contribution in [3.05, 3.63) is 29.8 Å². The predicted octanol–water partition coefficient (Wildman–Crippen LogP) is 4.36. The minimum atomic E-state index is 0. The van der Waals surface area contributed by atoms with Gasteiger partial charge in [0.25, 0.3) is 0 Å². The molecule has 3 N–H and O–H groups in total. The number of nitrogens with one attached hydrogen (secondary N) is 3. The van der Waals surface area contributed by atoms with E-state index in [1.807, 2.05) is 19.2 Å². The molecule has 0 radical (unpaired) electrons. The Hall–Kier alpha value is -1.35. The van der Waals surface area contributed by atoms with Gasteiger partial charge < -0.3 is 20.9 Å². The average molecular weight is 542 g/mol. The second-order valence-corrected chi connectivity index (χ2v) is 8.71. The molecule has 1 saturated heterocycles. The number of guanidine groups is 1.